The fourth-order valence-electron chi connectivity index (χ4n) is 1.64. The van der Waals surface area contributed by atoms with E-state index >= 15 is 0 Å². The molecule has 0 aliphatic rings. The summed E-state index contributed by atoms with van der Waals surface area (Å²) < 4.78 is 5.37. The lowest BCUT2D eigenvalue weighted by Crippen LogP contribution is -2.06. The van der Waals surface area contributed by atoms with E-state index in [1.165, 1.54) is 0 Å². The standard InChI is InChI=1S/C14H17N3O2/c1-3-19-13-8-10(2)16-14(17-13)15-9-11-4-6-12(18)7-5-11/h4-8,18H,3,9H2,1-2H3,(H,15,16,17). The Morgan fingerprint density at radius 1 is 1.21 bits per heavy atom. The van der Waals surface area contributed by atoms with Gasteiger partial charge in [0.2, 0.25) is 11.8 Å². The lowest BCUT2D eigenvalue weighted by Gasteiger charge is -2.08. The first-order valence-corrected chi connectivity index (χ1v) is 6.17. The molecule has 100 valence electrons. The highest BCUT2D eigenvalue weighted by atomic mass is 16.5. The molecule has 0 unspecified atom stereocenters. The van der Waals surface area contributed by atoms with Gasteiger partial charge in [0, 0.05) is 18.3 Å². The van der Waals surface area contributed by atoms with Crippen molar-refractivity contribution >= 4 is 5.95 Å². The van der Waals surface area contributed by atoms with Crippen molar-refractivity contribution in [2.75, 3.05) is 11.9 Å². The Balaban J connectivity index is 2.04. The van der Waals surface area contributed by atoms with E-state index in [4.69, 9.17) is 4.74 Å². The van der Waals surface area contributed by atoms with E-state index in [0.29, 0.717) is 25.0 Å². The normalized spacial score (nSPS) is 10.2. The summed E-state index contributed by atoms with van der Waals surface area (Å²) in [5.41, 5.74) is 1.90. The van der Waals surface area contributed by atoms with E-state index in [2.05, 4.69) is 15.3 Å². The van der Waals surface area contributed by atoms with Gasteiger partial charge in [0.05, 0.1) is 6.61 Å². The van der Waals surface area contributed by atoms with Crippen molar-refractivity contribution in [1.29, 1.82) is 0 Å². The molecule has 2 rings (SSSR count). The van der Waals surface area contributed by atoms with Gasteiger partial charge < -0.3 is 15.2 Å². The number of aromatic nitrogens is 2. The maximum absolute atomic E-state index is 9.21. The molecule has 0 saturated heterocycles. The van der Waals surface area contributed by atoms with E-state index in [1.54, 1.807) is 18.2 Å². The average Bonchev–Trinajstić information content (AvgIpc) is 2.38. The highest BCUT2D eigenvalue weighted by Gasteiger charge is 2.02. The maximum Gasteiger partial charge on any atom is 0.226 e. The molecule has 0 radical (unpaired) electrons. The Morgan fingerprint density at radius 3 is 2.63 bits per heavy atom. The Labute approximate surface area is 112 Å². The highest BCUT2D eigenvalue weighted by Crippen LogP contribution is 2.14. The minimum atomic E-state index is 0.259. The van der Waals surface area contributed by atoms with E-state index in [1.807, 2.05) is 26.0 Å². The predicted octanol–water partition coefficient (Wildman–Crippen LogP) is 2.50. The molecule has 0 atom stereocenters. The molecular weight excluding hydrogens is 242 g/mol. The van der Waals surface area contributed by atoms with Gasteiger partial charge >= 0.3 is 0 Å². The smallest absolute Gasteiger partial charge is 0.226 e. The molecule has 1 aromatic heterocycles. The Morgan fingerprint density at radius 2 is 1.95 bits per heavy atom. The molecule has 1 heterocycles. The van der Waals surface area contributed by atoms with Crippen LogP contribution < -0.4 is 10.1 Å². The molecular formula is C14H17N3O2. The van der Waals surface area contributed by atoms with E-state index in [0.717, 1.165) is 11.3 Å². The first-order chi connectivity index (χ1) is 9.17. The van der Waals surface area contributed by atoms with Gasteiger partial charge in [0.1, 0.15) is 5.75 Å². The van der Waals surface area contributed by atoms with E-state index < -0.39 is 0 Å². The summed E-state index contributed by atoms with van der Waals surface area (Å²) in [5.74, 6) is 1.37. The topological polar surface area (TPSA) is 67.3 Å². The number of hydrogen-bond acceptors (Lipinski definition) is 5. The second kappa shape index (κ2) is 6.04. The monoisotopic (exact) mass is 259 g/mol. The number of nitrogens with one attached hydrogen (secondary N) is 1. The van der Waals surface area contributed by atoms with Gasteiger partial charge in [-0.2, -0.15) is 4.98 Å². The summed E-state index contributed by atoms with van der Waals surface area (Å²) in [5, 5.41) is 12.3. The van der Waals surface area contributed by atoms with Crippen LogP contribution in [-0.4, -0.2) is 21.7 Å². The molecule has 0 spiro atoms. The first-order valence-electron chi connectivity index (χ1n) is 6.17. The van der Waals surface area contributed by atoms with Gasteiger partial charge in [-0.15, -0.1) is 0 Å². The van der Waals surface area contributed by atoms with Crippen molar-refractivity contribution < 1.29 is 9.84 Å². The number of ether oxygens (including phenoxy) is 1. The number of hydrogen-bond donors (Lipinski definition) is 2. The number of nitrogens with zero attached hydrogens (tertiary/aromatic N) is 2. The fourth-order valence-corrected chi connectivity index (χ4v) is 1.64. The van der Waals surface area contributed by atoms with Crippen LogP contribution in [0.3, 0.4) is 0 Å². The Hall–Kier alpha value is -2.30. The quantitative estimate of drug-likeness (QED) is 0.863. The number of phenolic OH excluding ortho intramolecular Hbond substituents is 1. The van der Waals surface area contributed by atoms with Crippen LogP contribution >= 0.6 is 0 Å². The molecule has 5 heteroatoms. The van der Waals surface area contributed by atoms with Crippen LogP contribution in [0.4, 0.5) is 5.95 Å². The molecule has 2 aromatic rings. The highest BCUT2D eigenvalue weighted by molar-refractivity contribution is 5.33. The molecule has 0 bridgehead atoms. The van der Waals surface area contributed by atoms with Gasteiger partial charge in [0.15, 0.2) is 0 Å². The third kappa shape index (κ3) is 3.84. The van der Waals surface area contributed by atoms with Gasteiger partial charge in [-0.1, -0.05) is 12.1 Å². The van der Waals surface area contributed by atoms with E-state index in [-0.39, 0.29) is 5.75 Å². The Kier molecular flexibility index (Phi) is 4.18. The minimum Gasteiger partial charge on any atom is -0.508 e. The van der Waals surface area contributed by atoms with Crippen LogP contribution in [0, 0.1) is 6.92 Å². The summed E-state index contributed by atoms with van der Waals surface area (Å²) in [6.07, 6.45) is 0. The lowest BCUT2D eigenvalue weighted by molar-refractivity contribution is 0.326. The molecule has 0 saturated carbocycles. The van der Waals surface area contributed by atoms with Gasteiger partial charge in [-0.05, 0) is 31.5 Å². The molecule has 0 aliphatic carbocycles. The predicted molar refractivity (Wildman–Crippen MR) is 73.4 cm³/mol. The van der Waals surface area contributed by atoms with Crippen LogP contribution in [-0.2, 0) is 6.54 Å². The summed E-state index contributed by atoms with van der Waals surface area (Å²) in [7, 11) is 0. The van der Waals surface area contributed by atoms with Crippen molar-refractivity contribution in [1.82, 2.24) is 9.97 Å². The largest absolute Gasteiger partial charge is 0.508 e. The zero-order valence-corrected chi connectivity index (χ0v) is 11.1. The number of anilines is 1. The third-order valence-corrected chi connectivity index (χ3v) is 2.51. The maximum atomic E-state index is 9.21. The van der Waals surface area contributed by atoms with Crippen molar-refractivity contribution in [2.45, 2.75) is 20.4 Å². The molecule has 1 aromatic carbocycles. The van der Waals surface area contributed by atoms with Gasteiger partial charge in [0.25, 0.3) is 0 Å². The molecule has 2 N–H and O–H groups in total. The fraction of sp³-hybridized carbons (Fsp3) is 0.286. The molecule has 0 amide bonds. The molecule has 0 fully saturated rings. The van der Waals surface area contributed by atoms with Crippen LogP contribution in [0.1, 0.15) is 18.2 Å². The molecule has 19 heavy (non-hydrogen) atoms. The second-order valence-electron chi connectivity index (χ2n) is 4.12. The lowest BCUT2D eigenvalue weighted by atomic mass is 10.2. The number of rotatable bonds is 5. The second-order valence-corrected chi connectivity index (χ2v) is 4.12. The van der Waals surface area contributed by atoms with E-state index in [9.17, 15) is 5.11 Å². The summed E-state index contributed by atoms with van der Waals surface area (Å²) in [6, 6.07) is 8.80. The van der Waals surface area contributed by atoms with Crippen molar-refractivity contribution in [2.24, 2.45) is 0 Å². The number of benzene rings is 1. The molecule has 5 nitrogen and oxygen atoms in total. The van der Waals surface area contributed by atoms with Crippen molar-refractivity contribution in [3.05, 3.63) is 41.6 Å². The summed E-state index contributed by atoms with van der Waals surface area (Å²) in [4.78, 5) is 8.56. The first kappa shape index (κ1) is 13.1. The number of aromatic hydroxyl groups is 1. The third-order valence-electron chi connectivity index (χ3n) is 2.51. The Bertz CT molecular complexity index is 541. The van der Waals surface area contributed by atoms with Crippen molar-refractivity contribution in [3.63, 3.8) is 0 Å². The van der Waals surface area contributed by atoms with Crippen LogP contribution in [0.25, 0.3) is 0 Å². The van der Waals surface area contributed by atoms with Gasteiger partial charge in [-0.25, -0.2) is 4.98 Å². The number of phenols is 1. The summed E-state index contributed by atoms with van der Waals surface area (Å²) in [6.45, 7) is 4.99. The SMILES string of the molecule is CCOc1cc(C)nc(NCc2ccc(O)cc2)n1. The molecule has 0 aliphatic heterocycles. The van der Waals surface area contributed by atoms with Crippen LogP contribution in [0.2, 0.25) is 0 Å². The zero-order valence-electron chi connectivity index (χ0n) is 11.1. The van der Waals surface area contributed by atoms with Crippen molar-refractivity contribution in [3.8, 4) is 11.6 Å². The average molecular weight is 259 g/mol. The minimum absolute atomic E-state index is 0.259. The zero-order chi connectivity index (χ0) is 13.7. The van der Waals surface area contributed by atoms with Crippen LogP contribution in [0.5, 0.6) is 11.6 Å². The van der Waals surface area contributed by atoms with Crippen LogP contribution in [0.15, 0.2) is 30.3 Å². The number of aryl methyl sites for hydroxylation is 1. The summed E-state index contributed by atoms with van der Waals surface area (Å²) >= 11 is 0. The van der Waals surface area contributed by atoms with Gasteiger partial charge in [-0.3, -0.25) is 0 Å².